The topological polar surface area (TPSA) is 20.3 Å². The van der Waals surface area contributed by atoms with E-state index in [2.05, 4.69) is 0 Å². The van der Waals surface area contributed by atoms with E-state index < -0.39 is 12.6 Å². The zero-order valence-corrected chi connectivity index (χ0v) is 11.1. The van der Waals surface area contributed by atoms with Gasteiger partial charge in [-0.15, -0.1) is 0 Å². The Morgan fingerprint density at radius 2 is 2.00 bits per heavy atom. The lowest BCUT2D eigenvalue weighted by Gasteiger charge is -2.18. The summed E-state index contributed by atoms with van der Waals surface area (Å²) in [4.78, 5) is 12.8. The van der Waals surface area contributed by atoms with Gasteiger partial charge in [-0.3, -0.25) is 4.79 Å². The second-order valence-electron chi connectivity index (χ2n) is 4.67. The molecule has 0 aliphatic heterocycles. The third kappa shape index (κ3) is 6.27. The molecule has 2 nitrogen and oxygen atoms in total. The highest BCUT2D eigenvalue weighted by Gasteiger charge is 2.27. The van der Waals surface area contributed by atoms with Crippen LogP contribution in [0.15, 0.2) is 24.3 Å². The number of amides is 1. The first kappa shape index (κ1) is 15.5. The van der Waals surface area contributed by atoms with Crippen molar-refractivity contribution in [2.45, 2.75) is 32.4 Å². The minimum Gasteiger partial charge on any atom is -0.345 e. The van der Waals surface area contributed by atoms with E-state index >= 15 is 0 Å². The van der Waals surface area contributed by atoms with Crippen LogP contribution in [0.5, 0.6) is 0 Å². The van der Waals surface area contributed by atoms with Crippen LogP contribution in [0.1, 0.15) is 24.0 Å². The number of alkyl halides is 3. The quantitative estimate of drug-likeness (QED) is 0.805. The summed E-state index contributed by atoms with van der Waals surface area (Å²) in [5.74, 6) is -0.259. The van der Waals surface area contributed by atoms with Crippen LogP contribution in [0.2, 0.25) is 0 Å². The Bertz CT molecular complexity index is 429. The molecule has 106 valence electrons. The van der Waals surface area contributed by atoms with Crippen LogP contribution in [0.25, 0.3) is 0 Å². The van der Waals surface area contributed by atoms with Crippen molar-refractivity contribution in [3.63, 3.8) is 0 Å². The minimum atomic E-state index is -4.22. The van der Waals surface area contributed by atoms with Crippen molar-refractivity contribution < 1.29 is 18.0 Å². The molecule has 0 saturated heterocycles. The zero-order valence-electron chi connectivity index (χ0n) is 11.1. The number of carbonyl (C=O) groups is 1. The lowest BCUT2D eigenvalue weighted by molar-refractivity contribution is -0.144. The molecule has 1 amide bonds. The first-order valence-corrected chi connectivity index (χ1v) is 6.14. The van der Waals surface area contributed by atoms with Crippen molar-refractivity contribution in [2.75, 3.05) is 13.6 Å². The molecular formula is C14H18F3NO. The molecule has 0 heterocycles. The Hall–Kier alpha value is -1.52. The fourth-order valence-electron chi connectivity index (χ4n) is 1.73. The van der Waals surface area contributed by atoms with E-state index in [1.54, 1.807) is 0 Å². The molecule has 0 bridgehead atoms. The van der Waals surface area contributed by atoms with Crippen molar-refractivity contribution >= 4 is 5.91 Å². The maximum atomic E-state index is 12.0. The number of hydrogen-bond donors (Lipinski definition) is 0. The third-order valence-electron chi connectivity index (χ3n) is 2.87. The summed E-state index contributed by atoms with van der Waals surface area (Å²) in [7, 11) is 1.41. The van der Waals surface area contributed by atoms with Crippen LogP contribution in [0, 0.1) is 6.92 Å². The smallest absolute Gasteiger partial charge is 0.345 e. The van der Waals surface area contributed by atoms with Gasteiger partial charge in [0.2, 0.25) is 5.91 Å². The number of nitrogens with zero attached hydrogens (tertiary/aromatic N) is 1. The van der Waals surface area contributed by atoms with Crippen LogP contribution in [-0.4, -0.2) is 30.6 Å². The predicted octanol–water partition coefficient (Wildman–Crippen LogP) is 3.34. The number of halogens is 3. The van der Waals surface area contributed by atoms with Gasteiger partial charge in [0, 0.05) is 20.0 Å². The van der Waals surface area contributed by atoms with Crippen molar-refractivity contribution in [3.8, 4) is 0 Å². The SMILES string of the molecule is Cc1cccc(CCC(=O)N(C)CCC(F)(F)F)c1. The summed E-state index contributed by atoms with van der Waals surface area (Å²) < 4.78 is 36.1. The molecular weight excluding hydrogens is 255 g/mol. The molecule has 0 radical (unpaired) electrons. The fourth-order valence-corrected chi connectivity index (χ4v) is 1.73. The molecule has 0 fully saturated rings. The van der Waals surface area contributed by atoms with Crippen LogP contribution < -0.4 is 0 Å². The Balaban J connectivity index is 2.38. The summed E-state index contributed by atoms with van der Waals surface area (Å²) in [6.45, 7) is 1.68. The van der Waals surface area contributed by atoms with Gasteiger partial charge >= 0.3 is 6.18 Å². The van der Waals surface area contributed by atoms with Gasteiger partial charge in [-0.25, -0.2) is 0 Å². The van der Waals surface area contributed by atoms with E-state index in [1.807, 2.05) is 31.2 Å². The first-order valence-electron chi connectivity index (χ1n) is 6.14. The molecule has 0 unspecified atom stereocenters. The predicted molar refractivity (Wildman–Crippen MR) is 67.8 cm³/mol. The third-order valence-corrected chi connectivity index (χ3v) is 2.87. The first-order chi connectivity index (χ1) is 8.78. The minimum absolute atomic E-state index is 0.234. The van der Waals surface area contributed by atoms with Gasteiger partial charge in [-0.05, 0) is 18.9 Å². The van der Waals surface area contributed by atoms with Crippen LogP contribution in [-0.2, 0) is 11.2 Å². The van der Waals surface area contributed by atoms with E-state index in [0.717, 1.165) is 16.0 Å². The molecule has 5 heteroatoms. The normalized spacial score (nSPS) is 11.4. The highest BCUT2D eigenvalue weighted by atomic mass is 19.4. The van der Waals surface area contributed by atoms with Gasteiger partial charge in [0.25, 0.3) is 0 Å². The van der Waals surface area contributed by atoms with E-state index in [9.17, 15) is 18.0 Å². The Kier molecular flexibility index (Phi) is 5.39. The Morgan fingerprint density at radius 1 is 1.32 bits per heavy atom. The molecule has 19 heavy (non-hydrogen) atoms. The summed E-state index contributed by atoms with van der Waals surface area (Å²) in [6.07, 6.45) is -4.39. The Labute approximate surface area is 111 Å². The standard InChI is InChI=1S/C14H18F3NO/c1-11-4-3-5-12(10-11)6-7-13(19)18(2)9-8-14(15,16)17/h3-5,10H,6-9H2,1-2H3. The largest absolute Gasteiger partial charge is 0.390 e. The summed E-state index contributed by atoms with van der Waals surface area (Å²) >= 11 is 0. The molecule has 0 aliphatic carbocycles. The lowest BCUT2D eigenvalue weighted by Crippen LogP contribution is -2.30. The van der Waals surface area contributed by atoms with E-state index in [-0.39, 0.29) is 18.9 Å². The van der Waals surface area contributed by atoms with Gasteiger partial charge in [-0.1, -0.05) is 29.8 Å². The number of hydrogen-bond acceptors (Lipinski definition) is 1. The molecule has 0 saturated carbocycles. The van der Waals surface area contributed by atoms with E-state index in [1.165, 1.54) is 7.05 Å². The maximum Gasteiger partial charge on any atom is 0.390 e. The molecule has 0 aliphatic rings. The van der Waals surface area contributed by atoms with Crippen molar-refractivity contribution in [1.82, 2.24) is 4.90 Å². The lowest BCUT2D eigenvalue weighted by atomic mass is 10.1. The van der Waals surface area contributed by atoms with Gasteiger partial charge in [0.1, 0.15) is 0 Å². The highest BCUT2D eigenvalue weighted by molar-refractivity contribution is 5.76. The Morgan fingerprint density at radius 3 is 2.58 bits per heavy atom. The van der Waals surface area contributed by atoms with Crippen molar-refractivity contribution in [1.29, 1.82) is 0 Å². The van der Waals surface area contributed by atoms with Crippen molar-refractivity contribution in [2.24, 2.45) is 0 Å². The zero-order chi connectivity index (χ0) is 14.5. The van der Waals surface area contributed by atoms with Gasteiger partial charge in [0.05, 0.1) is 6.42 Å². The second kappa shape index (κ2) is 6.59. The van der Waals surface area contributed by atoms with Crippen molar-refractivity contribution in [3.05, 3.63) is 35.4 Å². The van der Waals surface area contributed by atoms with E-state index in [0.29, 0.717) is 6.42 Å². The van der Waals surface area contributed by atoms with Gasteiger partial charge in [0.15, 0.2) is 0 Å². The van der Waals surface area contributed by atoms with Gasteiger partial charge < -0.3 is 4.90 Å². The number of carbonyl (C=O) groups excluding carboxylic acids is 1. The van der Waals surface area contributed by atoms with Crippen LogP contribution in [0.4, 0.5) is 13.2 Å². The highest BCUT2D eigenvalue weighted by Crippen LogP contribution is 2.19. The summed E-state index contributed by atoms with van der Waals surface area (Å²) in [5.41, 5.74) is 2.13. The molecule has 0 spiro atoms. The van der Waals surface area contributed by atoms with Crippen LogP contribution >= 0.6 is 0 Å². The molecule has 0 aromatic heterocycles. The maximum absolute atomic E-state index is 12.0. The molecule has 1 rings (SSSR count). The number of benzene rings is 1. The number of rotatable bonds is 5. The monoisotopic (exact) mass is 273 g/mol. The average Bonchev–Trinajstić information content (AvgIpc) is 2.32. The summed E-state index contributed by atoms with van der Waals surface area (Å²) in [5, 5.41) is 0. The number of aryl methyl sites for hydroxylation is 2. The van der Waals surface area contributed by atoms with Gasteiger partial charge in [-0.2, -0.15) is 13.2 Å². The molecule has 0 N–H and O–H groups in total. The molecule has 1 aromatic rings. The molecule has 1 aromatic carbocycles. The summed E-state index contributed by atoms with van der Waals surface area (Å²) in [6, 6.07) is 7.75. The van der Waals surface area contributed by atoms with E-state index in [4.69, 9.17) is 0 Å². The average molecular weight is 273 g/mol. The second-order valence-corrected chi connectivity index (χ2v) is 4.67. The fraction of sp³-hybridized carbons (Fsp3) is 0.500. The van der Waals surface area contributed by atoms with Crippen LogP contribution in [0.3, 0.4) is 0 Å². The molecule has 0 atom stereocenters.